The van der Waals surface area contributed by atoms with Crippen LogP contribution in [0.15, 0.2) is 47.4 Å². The van der Waals surface area contributed by atoms with Crippen molar-refractivity contribution in [2.24, 2.45) is 0 Å². The highest BCUT2D eigenvalue weighted by molar-refractivity contribution is 6.30. The maximum atomic E-state index is 12.4. The van der Waals surface area contributed by atoms with Crippen molar-refractivity contribution in [3.05, 3.63) is 59.3 Å². The highest BCUT2D eigenvalue weighted by atomic mass is 35.5. The maximum absolute atomic E-state index is 12.4. The minimum absolute atomic E-state index is 0.166. The number of fused-ring (bicyclic) bond motifs is 1. The summed E-state index contributed by atoms with van der Waals surface area (Å²) < 4.78 is 5.30. The third kappa shape index (κ3) is 2.97. The summed E-state index contributed by atoms with van der Waals surface area (Å²) in [6.45, 7) is 1.78. The van der Waals surface area contributed by atoms with Gasteiger partial charge in [-0.25, -0.2) is 4.98 Å². The molecule has 0 fully saturated rings. The molecule has 25 heavy (non-hydrogen) atoms. The number of aromatic nitrogens is 4. The van der Waals surface area contributed by atoms with Gasteiger partial charge in [-0.3, -0.25) is 9.78 Å². The van der Waals surface area contributed by atoms with Crippen LogP contribution in [0.2, 0.25) is 5.02 Å². The van der Waals surface area contributed by atoms with Crippen molar-refractivity contribution in [1.29, 1.82) is 0 Å². The summed E-state index contributed by atoms with van der Waals surface area (Å²) in [5.74, 6) is 0.0902. The van der Waals surface area contributed by atoms with Gasteiger partial charge in [0.15, 0.2) is 11.5 Å². The smallest absolute Gasteiger partial charge is 0.277 e. The first-order valence-corrected chi connectivity index (χ1v) is 7.82. The zero-order chi connectivity index (χ0) is 17.4. The lowest BCUT2D eigenvalue weighted by Crippen LogP contribution is -2.13. The summed E-state index contributed by atoms with van der Waals surface area (Å²) in [5.41, 5.74) is 3.88. The number of carbonyl (C=O) groups excluding carboxylic acids is 1. The summed E-state index contributed by atoms with van der Waals surface area (Å²) in [4.78, 5) is 23.7. The van der Waals surface area contributed by atoms with Crippen LogP contribution < -0.4 is 5.32 Å². The molecule has 4 rings (SSSR count). The molecule has 0 aliphatic rings. The van der Waals surface area contributed by atoms with Gasteiger partial charge in [-0.15, -0.1) is 0 Å². The highest BCUT2D eigenvalue weighted by Crippen LogP contribution is 2.24. The molecule has 1 amide bonds. The van der Waals surface area contributed by atoms with Crippen LogP contribution in [-0.2, 0) is 0 Å². The predicted octanol–water partition coefficient (Wildman–Crippen LogP) is 3.83. The molecule has 0 aliphatic heterocycles. The van der Waals surface area contributed by atoms with Crippen LogP contribution in [0.1, 0.15) is 16.2 Å². The van der Waals surface area contributed by atoms with Crippen molar-refractivity contribution >= 4 is 34.2 Å². The van der Waals surface area contributed by atoms with Gasteiger partial charge in [-0.05, 0) is 31.2 Å². The second-order valence-electron chi connectivity index (χ2n) is 5.45. The van der Waals surface area contributed by atoms with Crippen molar-refractivity contribution in [3.63, 3.8) is 0 Å². The van der Waals surface area contributed by atoms with Crippen molar-refractivity contribution in [2.75, 3.05) is 5.32 Å². The number of H-pyrrole nitrogens is 1. The Kier molecular flexibility index (Phi) is 3.70. The minimum atomic E-state index is -0.398. The Morgan fingerprint density at radius 1 is 1.24 bits per heavy atom. The fourth-order valence-corrected chi connectivity index (χ4v) is 2.59. The molecule has 0 radical (unpaired) electrons. The lowest BCUT2D eigenvalue weighted by atomic mass is 10.1. The number of amides is 1. The van der Waals surface area contributed by atoms with Crippen LogP contribution in [0.25, 0.3) is 22.4 Å². The van der Waals surface area contributed by atoms with E-state index >= 15 is 0 Å². The molecule has 1 aromatic carbocycles. The largest absolute Gasteiger partial charge is 0.355 e. The number of anilines is 1. The molecule has 3 aromatic heterocycles. The molecule has 0 saturated carbocycles. The van der Waals surface area contributed by atoms with Crippen molar-refractivity contribution < 1.29 is 9.32 Å². The Bertz CT molecular complexity index is 1090. The second-order valence-corrected chi connectivity index (χ2v) is 5.89. The van der Waals surface area contributed by atoms with Crippen LogP contribution in [0.3, 0.4) is 0 Å². The number of rotatable bonds is 3. The van der Waals surface area contributed by atoms with Gasteiger partial charge >= 0.3 is 0 Å². The van der Waals surface area contributed by atoms with Gasteiger partial charge in [0.2, 0.25) is 0 Å². The number of aromatic amines is 1. The molecule has 0 saturated heterocycles. The number of hydrogen-bond acceptors (Lipinski definition) is 5. The van der Waals surface area contributed by atoms with E-state index in [-0.39, 0.29) is 5.69 Å². The number of hydrogen-bond donors (Lipinski definition) is 2. The first-order chi connectivity index (χ1) is 12.1. The van der Waals surface area contributed by atoms with E-state index in [9.17, 15) is 4.79 Å². The lowest BCUT2D eigenvalue weighted by Gasteiger charge is -2.05. The van der Waals surface area contributed by atoms with Crippen LogP contribution in [0.5, 0.6) is 0 Å². The quantitative estimate of drug-likeness (QED) is 0.583. The van der Waals surface area contributed by atoms with E-state index in [1.165, 1.54) is 6.20 Å². The highest BCUT2D eigenvalue weighted by Gasteiger charge is 2.15. The average Bonchev–Trinajstić information content (AvgIpc) is 3.26. The van der Waals surface area contributed by atoms with Gasteiger partial charge in [-0.1, -0.05) is 16.8 Å². The normalized spacial score (nSPS) is 11.0. The van der Waals surface area contributed by atoms with E-state index in [1.54, 1.807) is 25.4 Å². The van der Waals surface area contributed by atoms with Crippen LogP contribution in [-0.4, -0.2) is 26.0 Å². The summed E-state index contributed by atoms with van der Waals surface area (Å²) in [5, 5.41) is 7.01. The standard InChI is InChI=1S/C17H12ClN5O2/c1-9-13(5-11(18)7-19-9)22-17(24)15-6-16(25-23-15)10-2-3-12-14(4-10)21-8-20-12/h2-8H,1H3,(H,20,21)(H,22,24). The van der Waals surface area contributed by atoms with Crippen LogP contribution in [0.4, 0.5) is 5.69 Å². The van der Waals surface area contributed by atoms with Gasteiger partial charge in [0, 0.05) is 17.8 Å². The monoisotopic (exact) mass is 353 g/mol. The van der Waals surface area contributed by atoms with E-state index in [0.717, 1.165) is 16.6 Å². The van der Waals surface area contributed by atoms with E-state index in [1.807, 2.05) is 18.2 Å². The molecule has 7 nitrogen and oxygen atoms in total. The number of carbonyl (C=O) groups is 1. The van der Waals surface area contributed by atoms with E-state index in [4.69, 9.17) is 16.1 Å². The first kappa shape index (κ1) is 15.3. The van der Waals surface area contributed by atoms with Crippen molar-refractivity contribution in [3.8, 4) is 11.3 Å². The second kappa shape index (κ2) is 6.03. The topological polar surface area (TPSA) is 96.7 Å². The SMILES string of the molecule is Cc1ncc(Cl)cc1NC(=O)c1cc(-c2ccc3nc[nH]c3c2)on1. The molecule has 4 aromatic rings. The number of aryl methyl sites for hydroxylation is 1. The van der Waals surface area contributed by atoms with Crippen molar-refractivity contribution in [2.45, 2.75) is 6.92 Å². The van der Waals surface area contributed by atoms with Gasteiger partial charge in [-0.2, -0.15) is 0 Å². The fourth-order valence-electron chi connectivity index (χ4n) is 2.43. The number of benzene rings is 1. The van der Waals surface area contributed by atoms with Crippen LogP contribution in [0, 0.1) is 6.92 Å². The molecule has 0 bridgehead atoms. The fraction of sp³-hybridized carbons (Fsp3) is 0.0588. The zero-order valence-corrected chi connectivity index (χ0v) is 13.8. The third-order valence-corrected chi connectivity index (χ3v) is 3.96. The van der Waals surface area contributed by atoms with Crippen molar-refractivity contribution in [1.82, 2.24) is 20.1 Å². The Balaban J connectivity index is 1.59. The van der Waals surface area contributed by atoms with E-state index in [2.05, 4.69) is 25.4 Å². The molecular formula is C17H12ClN5O2. The molecule has 0 spiro atoms. The number of nitrogens with zero attached hydrogens (tertiary/aromatic N) is 3. The summed E-state index contributed by atoms with van der Waals surface area (Å²) in [6, 6.07) is 8.82. The number of halogens is 1. The number of imidazole rings is 1. The Hall–Kier alpha value is -3.19. The van der Waals surface area contributed by atoms with Crippen LogP contribution >= 0.6 is 11.6 Å². The molecule has 124 valence electrons. The maximum Gasteiger partial charge on any atom is 0.277 e. The van der Waals surface area contributed by atoms with Gasteiger partial charge < -0.3 is 14.8 Å². The molecule has 8 heteroatoms. The first-order valence-electron chi connectivity index (χ1n) is 7.44. The predicted molar refractivity (Wildman–Crippen MR) is 93.5 cm³/mol. The molecule has 0 atom stereocenters. The molecular weight excluding hydrogens is 342 g/mol. The third-order valence-electron chi connectivity index (χ3n) is 3.75. The molecule has 2 N–H and O–H groups in total. The minimum Gasteiger partial charge on any atom is -0.355 e. The van der Waals surface area contributed by atoms with E-state index in [0.29, 0.717) is 22.2 Å². The van der Waals surface area contributed by atoms with E-state index < -0.39 is 5.91 Å². The number of nitrogens with one attached hydrogen (secondary N) is 2. The summed E-state index contributed by atoms with van der Waals surface area (Å²) in [6.07, 6.45) is 3.14. The zero-order valence-electron chi connectivity index (χ0n) is 13.1. The van der Waals surface area contributed by atoms with Gasteiger partial charge in [0.05, 0.1) is 33.8 Å². The molecule has 0 unspecified atom stereocenters. The number of pyridine rings is 1. The average molecular weight is 354 g/mol. The Morgan fingerprint density at radius 3 is 3.00 bits per heavy atom. The van der Waals surface area contributed by atoms with Gasteiger partial charge in [0.1, 0.15) is 0 Å². The van der Waals surface area contributed by atoms with Gasteiger partial charge in [0.25, 0.3) is 5.91 Å². The summed E-state index contributed by atoms with van der Waals surface area (Å²) in [7, 11) is 0. The molecule has 0 aliphatic carbocycles. The Morgan fingerprint density at radius 2 is 2.12 bits per heavy atom. The molecule has 3 heterocycles. The Labute approximate surface area is 147 Å². The lowest BCUT2D eigenvalue weighted by molar-refractivity contribution is 0.101. The summed E-state index contributed by atoms with van der Waals surface area (Å²) >= 11 is 5.91.